The van der Waals surface area contributed by atoms with E-state index in [9.17, 15) is 4.79 Å². The van der Waals surface area contributed by atoms with Gasteiger partial charge in [-0.15, -0.1) is 5.10 Å². The first kappa shape index (κ1) is 14.8. The molecule has 0 saturated heterocycles. The Labute approximate surface area is 134 Å². The summed E-state index contributed by atoms with van der Waals surface area (Å²) in [6.45, 7) is 1.21. The van der Waals surface area contributed by atoms with E-state index in [0.29, 0.717) is 18.7 Å². The molecule has 2 N–H and O–H groups in total. The van der Waals surface area contributed by atoms with Gasteiger partial charge in [-0.3, -0.25) is 4.79 Å². The van der Waals surface area contributed by atoms with Gasteiger partial charge in [0.05, 0.1) is 18.1 Å². The molecule has 0 atom stereocenters. The molecule has 1 amide bonds. The van der Waals surface area contributed by atoms with E-state index in [1.165, 1.54) is 0 Å². The lowest BCUT2D eigenvalue weighted by Gasteiger charge is -2.09. The Hall–Kier alpha value is -3.15. The highest BCUT2D eigenvalue weighted by atomic mass is 16.1. The molecule has 0 aliphatic heterocycles. The third kappa shape index (κ3) is 3.94. The van der Waals surface area contributed by atoms with E-state index >= 15 is 0 Å². The van der Waals surface area contributed by atoms with Gasteiger partial charge >= 0.3 is 0 Å². The summed E-state index contributed by atoms with van der Waals surface area (Å²) >= 11 is 0. The standard InChI is InChI=1S/C17H17N5O/c23-17(19-10-9-18-15-6-2-1-3-7-15)14-5-4-8-16(13-14)22-12-11-20-21-22/h1-8,11-13,18H,9-10H2,(H,19,23). The van der Waals surface area contributed by atoms with Gasteiger partial charge < -0.3 is 10.6 Å². The Balaban J connectivity index is 1.53. The molecule has 0 unspecified atom stereocenters. The number of rotatable bonds is 6. The number of carbonyl (C=O) groups excluding carboxylic acids is 1. The second kappa shape index (κ2) is 7.22. The lowest BCUT2D eigenvalue weighted by Crippen LogP contribution is -2.28. The highest BCUT2D eigenvalue weighted by Crippen LogP contribution is 2.09. The quantitative estimate of drug-likeness (QED) is 0.684. The van der Waals surface area contributed by atoms with Crippen LogP contribution in [0.15, 0.2) is 67.0 Å². The maximum atomic E-state index is 12.2. The van der Waals surface area contributed by atoms with Crippen LogP contribution in [0.4, 0.5) is 5.69 Å². The van der Waals surface area contributed by atoms with Crippen molar-refractivity contribution in [3.05, 3.63) is 72.6 Å². The molecule has 6 heteroatoms. The summed E-state index contributed by atoms with van der Waals surface area (Å²) < 4.78 is 1.62. The normalized spacial score (nSPS) is 10.3. The fraction of sp³-hybridized carbons (Fsp3) is 0.118. The lowest BCUT2D eigenvalue weighted by atomic mass is 10.2. The first-order chi connectivity index (χ1) is 11.3. The second-order valence-corrected chi connectivity index (χ2v) is 4.95. The molecule has 6 nitrogen and oxygen atoms in total. The van der Waals surface area contributed by atoms with Gasteiger partial charge in [0.2, 0.25) is 0 Å². The minimum absolute atomic E-state index is 0.109. The van der Waals surface area contributed by atoms with Crippen molar-refractivity contribution in [1.29, 1.82) is 0 Å². The van der Waals surface area contributed by atoms with Gasteiger partial charge in [0, 0.05) is 24.3 Å². The van der Waals surface area contributed by atoms with Gasteiger partial charge in [-0.1, -0.05) is 29.5 Å². The maximum Gasteiger partial charge on any atom is 0.251 e. The zero-order valence-electron chi connectivity index (χ0n) is 12.5. The molecule has 3 aromatic rings. The van der Waals surface area contributed by atoms with Crippen molar-refractivity contribution in [2.75, 3.05) is 18.4 Å². The highest BCUT2D eigenvalue weighted by Gasteiger charge is 2.06. The number of para-hydroxylation sites is 1. The fourth-order valence-corrected chi connectivity index (χ4v) is 2.18. The highest BCUT2D eigenvalue weighted by molar-refractivity contribution is 5.94. The summed E-state index contributed by atoms with van der Waals surface area (Å²) in [7, 11) is 0. The van der Waals surface area contributed by atoms with E-state index in [-0.39, 0.29) is 5.91 Å². The van der Waals surface area contributed by atoms with Gasteiger partial charge in [0.25, 0.3) is 5.91 Å². The summed E-state index contributed by atoms with van der Waals surface area (Å²) in [5.41, 5.74) is 2.44. The predicted octanol–water partition coefficient (Wildman–Crippen LogP) is 2.11. The zero-order chi connectivity index (χ0) is 15.9. The summed E-state index contributed by atoms with van der Waals surface area (Å²) in [6, 6.07) is 17.2. The third-order valence-corrected chi connectivity index (χ3v) is 3.31. The number of hydrogen-bond acceptors (Lipinski definition) is 4. The van der Waals surface area contributed by atoms with Crippen LogP contribution in [0.3, 0.4) is 0 Å². The summed E-state index contributed by atoms with van der Waals surface area (Å²) in [5, 5.41) is 13.8. The minimum Gasteiger partial charge on any atom is -0.383 e. The topological polar surface area (TPSA) is 71.8 Å². The van der Waals surface area contributed by atoms with E-state index in [1.54, 1.807) is 29.2 Å². The van der Waals surface area contributed by atoms with Crippen molar-refractivity contribution in [2.45, 2.75) is 0 Å². The first-order valence-corrected chi connectivity index (χ1v) is 7.37. The summed E-state index contributed by atoms with van der Waals surface area (Å²) in [5.74, 6) is -0.109. The van der Waals surface area contributed by atoms with E-state index in [2.05, 4.69) is 20.9 Å². The van der Waals surface area contributed by atoms with Gasteiger partial charge in [0.15, 0.2) is 0 Å². The lowest BCUT2D eigenvalue weighted by molar-refractivity contribution is 0.0955. The van der Waals surface area contributed by atoms with Crippen LogP contribution >= 0.6 is 0 Å². The number of hydrogen-bond donors (Lipinski definition) is 2. The van der Waals surface area contributed by atoms with Crippen LogP contribution < -0.4 is 10.6 Å². The molecular formula is C17H17N5O. The largest absolute Gasteiger partial charge is 0.383 e. The smallest absolute Gasteiger partial charge is 0.251 e. The van der Waals surface area contributed by atoms with Crippen molar-refractivity contribution < 1.29 is 4.79 Å². The number of nitrogens with one attached hydrogen (secondary N) is 2. The molecule has 3 rings (SSSR count). The number of amides is 1. The molecule has 0 bridgehead atoms. The van der Waals surface area contributed by atoms with E-state index in [4.69, 9.17) is 0 Å². The Morgan fingerprint density at radius 1 is 1.04 bits per heavy atom. The molecule has 1 heterocycles. The van der Waals surface area contributed by atoms with E-state index in [1.807, 2.05) is 42.5 Å². The molecule has 0 fully saturated rings. The van der Waals surface area contributed by atoms with Crippen LogP contribution in [0.2, 0.25) is 0 Å². The van der Waals surface area contributed by atoms with Crippen molar-refractivity contribution in [2.24, 2.45) is 0 Å². The molecule has 0 saturated carbocycles. The third-order valence-electron chi connectivity index (χ3n) is 3.31. The maximum absolute atomic E-state index is 12.2. The number of carbonyl (C=O) groups is 1. The molecular weight excluding hydrogens is 290 g/mol. The average Bonchev–Trinajstić information content (AvgIpc) is 3.14. The molecule has 0 aliphatic rings. The fourth-order valence-electron chi connectivity index (χ4n) is 2.18. The monoisotopic (exact) mass is 307 g/mol. The first-order valence-electron chi connectivity index (χ1n) is 7.37. The summed E-state index contributed by atoms with van der Waals surface area (Å²) in [6.07, 6.45) is 3.34. The van der Waals surface area contributed by atoms with Crippen molar-refractivity contribution >= 4 is 11.6 Å². The van der Waals surface area contributed by atoms with Crippen molar-refractivity contribution in [3.63, 3.8) is 0 Å². The Morgan fingerprint density at radius 3 is 2.70 bits per heavy atom. The van der Waals surface area contributed by atoms with Gasteiger partial charge in [-0.25, -0.2) is 4.68 Å². The van der Waals surface area contributed by atoms with Crippen molar-refractivity contribution in [1.82, 2.24) is 20.3 Å². The van der Waals surface area contributed by atoms with Crippen LogP contribution in [0.25, 0.3) is 5.69 Å². The van der Waals surface area contributed by atoms with Gasteiger partial charge in [-0.05, 0) is 30.3 Å². The Bertz CT molecular complexity index is 756. The molecule has 23 heavy (non-hydrogen) atoms. The van der Waals surface area contributed by atoms with E-state index < -0.39 is 0 Å². The second-order valence-electron chi connectivity index (χ2n) is 4.95. The van der Waals surface area contributed by atoms with Crippen LogP contribution in [0.1, 0.15) is 10.4 Å². The molecule has 0 spiro atoms. The van der Waals surface area contributed by atoms with Gasteiger partial charge in [-0.2, -0.15) is 0 Å². The van der Waals surface area contributed by atoms with Crippen LogP contribution in [0, 0.1) is 0 Å². The van der Waals surface area contributed by atoms with Crippen LogP contribution in [0.5, 0.6) is 0 Å². The Kier molecular flexibility index (Phi) is 4.63. The predicted molar refractivity (Wildman–Crippen MR) is 88.6 cm³/mol. The van der Waals surface area contributed by atoms with Crippen LogP contribution in [-0.2, 0) is 0 Å². The van der Waals surface area contributed by atoms with Crippen molar-refractivity contribution in [3.8, 4) is 5.69 Å². The molecule has 1 aromatic heterocycles. The SMILES string of the molecule is O=C(NCCNc1ccccc1)c1cccc(-n2ccnn2)c1. The molecule has 2 aromatic carbocycles. The zero-order valence-corrected chi connectivity index (χ0v) is 12.5. The van der Waals surface area contributed by atoms with E-state index in [0.717, 1.165) is 11.4 Å². The van der Waals surface area contributed by atoms with Gasteiger partial charge in [0.1, 0.15) is 0 Å². The molecule has 0 aliphatic carbocycles. The molecule has 116 valence electrons. The number of anilines is 1. The number of nitrogens with zero attached hydrogens (tertiary/aromatic N) is 3. The number of benzene rings is 2. The average molecular weight is 307 g/mol. The van der Waals surface area contributed by atoms with Crippen LogP contribution in [-0.4, -0.2) is 34.0 Å². The number of aromatic nitrogens is 3. The Morgan fingerprint density at radius 2 is 1.91 bits per heavy atom. The summed E-state index contributed by atoms with van der Waals surface area (Å²) in [4.78, 5) is 12.2. The molecule has 0 radical (unpaired) electrons. The minimum atomic E-state index is -0.109.